The summed E-state index contributed by atoms with van der Waals surface area (Å²) in [5.41, 5.74) is 0.946. The molecule has 94 valence electrons. The summed E-state index contributed by atoms with van der Waals surface area (Å²) in [6, 6.07) is 5.06. The number of hydrogen-bond acceptors (Lipinski definition) is 3. The maximum absolute atomic E-state index is 13.5. The summed E-state index contributed by atoms with van der Waals surface area (Å²) >= 11 is 0. The number of nitrogens with zero attached hydrogens (tertiary/aromatic N) is 1. The van der Waals surface area contributed by atoms with Crippen LogP contribution in [-0.2, 0) is 6.54 Å². The quantitative estimate of drug-likeness (QED) is 0.867. The van der Waals surface area contributed by atoms with Crippen molar-refractivity contribution in [1.29, 1.82) is 0 Å². The lowest BCUT2D eigenvalue weighted by Gasteiger charge is -2.16. The molecule has 0 aromatic heterocycles. The van der Waals surface area contributed by atoms with Gasteiger partial charge in [0.25, 0.3) is 0 Å². The average molecular weight is 239 g/mol. The van der Waals surface area contributed by atoms with E-state index in [0.29, 0.717) is 5.92 Å². The molecule has 0 saturated carbocycles. The smallest absolute Gasteiger partial charge is 0.165 e. The van der Waals surface area contributed by atoms with Crippen molar-refractivity contribution in [3.05, 3.63) is 29.6 Å². The number of rotatable bonds is 4. The maximum atomic E-state index is 13.5. The van der Waals surface area contributed by atoms with Crippen molar-refractivity contribution in [1.82, 2.24) is 4.90 Å². The van der Waals surface area contributed by atoms with Gasteiger partial charge in [0.1, 0.15) is 0 Å². The van der Waals surface area contributed by atoms with E-state index >= 15 is 0 Å². The Morgan fingerprint density at radius 3 is 2.94 bits per heavy atom. The van der Waals surface area contributed by atoms with Gasteiger partial charge in [-0.3, -0.25) is 4.90 Å². The molecule has 0 aliphatic carbocycles. The monoisotopic (exact) mass is 239 g/mol. The molecule has 17 heavy (non-hydrogen) atoms. The molecular weight excluding hydrogens is 221 g/mol. The lowest BCUT2D eigenvalue weighted by Crippen LogP contribution is -2.21. The van der Waals surface area contributed by atoms with Crippen molar-refractivity contribution in [3.63, 3.8) is 0 Å². The highest BCUT2D eigenvalue weighted by molar-refractivity contribution is 5.29. The number of aliphatic hydroxyl groups excluding tert-OH is 1. The molecule has 1 heterocycles. The Morgan fingerprint density at radius 1 is 1.53 bits per heavy atom. The largest absolute Gasteiger partial charge is 0.494 e. The topological polar surface area (TPSA) is 32.7 Å². The van der Waals surface area contributed by atoms with Gasteiger partial charge in [0.05, 0.1) is 7.11 Å². The summed E-state index contributed by atoms with van der Waals surface area (Å²) in [4.78, 5) is 2.24. The third-order valence-corrected chi connectivity index (χ3v) is 3.25. The summed E-state index contributed by atoms with van der Waals surface area (Å²) < 4.78 is 18.4. The van der Waals surface area contributed by atoms with Crippen molar-refractivity contribution in [2.75, 3.05) is 26.8 Å². The van der Waals surface area contributed by atoms with Gasteiger partial charge in [-0.25, -0.2) is 4.39 Å². The van der Waals surface area contributed by atoms with Crippen LogP contribution in [0.3, 0.4) is 0 Å². The molecule has 1 aromatic rings. The van der Waals surface area contributed by atoms with Gasteiger partial charge in [-0.2, -0.15) is 0 Å². The van der Waals surface area contributed by atoms with E-state index in [0.717, 1.165) is 31.6 Å². The second-order valence-electron chi connectivity index (χ2n) is 4.54. The predicted molar refractivity (Wildman–Crippen MR) is 63.4 cm³/mol. The van der Waals surface area contributed by atoms with Crippen molar-refractivity contribution in [3.8, 4) is 5.75 Å². The van der Waals surface area contributed by atoms with Crippen molar-refractivity contribution in [2.24, 2.45) is 5.92 Å². The van der Waals surface area contributed by atoms with Crippen LogP contribution in [0.5, 0.6) is 5.75 Å². The van der Waals surface area contributed by atoms with E-state index in [1.165, 1.54) is 13.2 Å². The molecule has 1 fully saturated rings. The fraction of sp³-hybridized carbons (Fsp3) is 0.538. The zero-order chi connectivity index (χ0) is 12.3. The van der Waals surface area contributed by atoms with Gasteiger partial charge in [-0.15, -0.1) is 0 Å². The first-order valence-corrected chi connectivity index (χ1v) is 5.88. The van der Waals surface area contributed by atoms with Crippen LogP contribution in [0.15, 0.2) is 18.2 Å². The summed E-state index contributed by atoms with van der Waals surface area (Å²) in [6.07, 6.45) is 1.02. The van der Waals surface area contributed by atoms with Crippen molar-refractivity contribution in [2.45, 2.75) is 13.0 Å². The summed E-state index contributed by atoms with van der Waals surface area (Å²) in [5, 5.41) is 9.06. The first-order valence-electron chi connectivity index (χ1n) is 5.88. The van der Waals surface area contributed by atoms with Gasteiger partial charge >= 0.3 is 0 Å². The molecule has 1 aliphatic heterocycles. The second-order valence-corrected chi connectivity index (χ2v) is 4.54. The Hall–Kier alpha value is -1.13. The van der Waals surface area contributed by atoms with E-state index < -0.39 is 0 Å². The molecule has 1 saturated heterocycles. The van der Waals surface area contributed by atoms with Gasteiger partial charge in [0.15, 0.2) is 11.6 Å². The van der Waals surface area contributed by atoms with Crippen LogP contribution in [0.25, 0.3) is 0 Å². The minimum Gasteiger partial charge on any atom is -0.494 e. The number of halogens is 1. The van der Waals surface area contributed by atoms with Crippen LogP contribution in [0.4, 0.5) is 4.39 Å². The molecule has 0 unspecified atom stereocenters. The molecule has 1 N–H and O–H groups in total. The summed E-state index contributed by atoms with van der Waals surface area (Å²) in [5.74, 6) is 0.337. The second kappa shape index (κ2) is 5.47. The fourth-order valence-corrected chi connectivity index (χ4v) is 2.27. The van der Waals surface area contributed by atoms with Gasteiger partial charge < -0.3 is 9.84 Å². The first-order chi connectivity index (χ1) is 8.22. The highest BCUT2D eigenvalue weighted by Crippen LogP contribution is 2.21. The van der Waals surface area contributed by atoms with E-state index in [4.69, 9.17) is 9.84 Å². The van der Waals surface area contributed by atoms with Crippen LogP contribution in [0.2, 0.25) is 0 Å². The predicted octanol–water partition coefficient (Wildman–Crippen LogP) is 1.65. The van der Waals surface area contributed by atoms with Crippen LogP contribution < -0.4 is 4.74 Å². The van der Waals surface area contributed by atoms with Crippen LogP contribution in [0, 0.1) is 11.7 Å². The number of hydrogen-bond donors (Lipinski definition) is 1. The Labute approximate surface area is 101 Å². The van der Waals surface area contributed by atoms with Gasteiger partial charge in [0.2, 0.25) is 0 Å². The maximum Gasteiger partial charge on any atom is 0.165 e. The minimum atomic E-state index is -0.317. The summed E-state index contributed by atoms with van der Waals surface area (Å²) in [7, 11) is 1.46. The molecule has 0 spiro atoms. The van der Waals surface area contributed by atoms with Crippen LogP contribution in [0.1, 0.15) is 12.0 Å². The summed E-state index contributed by atoms with van der Waals surface area (Å²) in [6.45, 7) is 2.84. The van der Waals surface area contributed by atoms with E-state index in [-0.39, 0.29) is 18.2 Å². The van der Waals surface area contributed by atoms with Gasteiger partial charge in [-0.1, -0.05) is 6.07 Å². The van der Waals surface area contributed by atoms with E-state index in [9.17, 15) is 4.39 Å². The Morgan fingerprint density at radius 2 is 2.35 bits per heavy atom. The third-order valence-electron chi connectivity index (χ3n) is 3.25. The molecular formula is C13H18FNO2. The highest BCUT2D eigenvalue weighted by atomic mass is 19.1. The van der Waals surface area contributed by atoms with E-state index in [1.807, 2.05) is 6.07 Å². The molecule has 0 radical (unpaired) electrons. The molecule has 0 amide bonds. The van der Waals surface area contributed by atoms with Crippen LogP contribution >= 0.6 is 0 Å². The van der Waals surface area contributed by atoms with Crippen molar-refractivity contribution < 1.29 is 14.2 Å². The average Bonchev–Trinajstić information content (AvgIpc) is 2.77. The lowest BCUT2D eigenvalue weighted by atomic mass is 10.1. The Kier molecular flexibility index (Phi) is 3.97. The molecule has 1 atom stereocenters. The number of likely N-dealkylation sites (tertiary alicyclic amines) is 1. The Bertz CT molecular complexity index is 384. The fourth-order valence-electron chi connectivity index (χ4n) is 2.27. The van der Waals surface area contributed by atoms with E-state index in [1.54, 1.807) is 6.07 Å². The number of aliphatic hydroxyl groups is 1. The minimum absolute atomic E-state index is 0.244. The molecule has 3 nitrogen and oxygen atoms in total. The number of benzene rings is 1. The Balaban J connectivity index is 1.97. The zero-order valence-corrected chi connectivity index (χ0v) is 10.0. The van der Waals surface area contributed by atoms with Gasteiger partial charge in [0, 0.05) is 19.7 Å². The van der Waals surface area contributed by atoms with Crippen LogP contribution in [-0.4, -0.2) is 36.8 Å². The van der Waals surface area contributed by atoms with E-state index in [2.05, 4.69) is 4.90 Å². The molecule has 0 bridgehead atoms. The van der Waals surface area contributed by atoms with Gasteiger partial charge in [-0.05, 0) is 36.6 Å². The standard InChI is InChI=1S/C13H18FNO2/c1-17-13-3-2-10(6-12(13)14)7-15-5-4-11(8-15)9-16/h2-3,6,11,16H,4-5,7-9H2,1H3/t11-/m1/s1. The highest BCUT2D eigenvalue weighted by Gasteiger charge is 2.21. The lowest BCUT2D eigenvalue weighted by molar-refractivity contribution is 0.220. The van der Waals surface area contributed by atoms with Crippen molar-refractivity contribution >= 4 is 0 Å². The zero-order valence-electron chi connectivity index (χ0n) is 10.0. The third kappa shape index (κ3) is 2.96. The molecule has 1 aliphatic rings. The number of methoxy groups -OCH3 is 1. The molecule has 1 aromatic carbocycles. The first kappa shape index (κ1) is 12.3. The number of ether oxygens (including phenoxy) is 1. The SMILES string of the molecule is COc1ccc(CN2CC[C@@H](CO)C2)cc1F. The normalized spacial score (nSPS) is 20.8. The molecule has 4 heteroatoms. The molecule has 2 rings (SSSR count).